The van der Waals surface area contributed by atoms with Crippen molar-refractivity contribution in [2.24, 2.45) is 5.41 Å². The fraction of sp³-hybridized carbons (Fsp3) is 0.375. The Kier molecular flexibility index (Phi) is 5.93. The summed E-state index contributed by atoms with van der Waals surface area (Å²) in [5.41, 5.74) is 3.63. The number of hydrogen-bond acceptors (Lipinski definition) is 6. The average molecular weight is 418 g/mol. The Bertz CT molecular complexity index is 1070. The van der Waals surface area contributed by atoms with Gasteiger partial charge in [0.05, 0.1) is 25.0 Å². The summed E-state index contributed by atoms with van der Waals surface area (Å²) in [6.07, 6.45) is 9.43. The van der Waals surface area contributed by atoms with Crippen molar-refractivity contribution >= 4 is 5.91 Å². The van der Waals surface area contributed by atoms with Gasteiger partial charge in [-0.1, -0.05) is 32.0 Å². The smallest absolute Gasteiger partial charge is 0.220 e. The van der Waals surface area contributed by atoms with Gasteiger partial charge >= 0.3 is 0 Å². The predicted molar refractivity (Wildman–Crippen MR) is 117 cm³/mol. The number of aryl methyl sites for hydroxylation is 1. The third kappa shape index (κ3) is 4.87. The zero-order valence-corrected chi connectivity index (χ0v) is 18.1. The standard InChI is InChI=1S/C24H27N5O2/c1-24(2)12-18(28-22(30)9-8-16-6-4-5-7-21(16)31-3)17-14-27-23(29-19(17)13-24)20-15-25-10-11-26-20/h4-7,10-11,14-15,18H,8-9,12-13H2,1-3H3,(H,28,30)/t18-/m1/s1. The van der Waals surface area contributed by atoms with Gasteiger partial charge in [0, 0.05) is 30.6 Å². The highest BCUT2D eigenvalue weighted by atomic mass is 16.5. The molecule has 0 aliphatic heterocycles. The van der Waals surface area contributed by atoms with E-state index in [9.17, 15) is 4.79 Å². The van der Waals surface area contributed by atoms with Gasteiger partial charge in [0.15, 0.2) is 5.82 Å². The summed E-state index contributed by atoms with van der Waals surface area (Å²) in [4.78, 5) is 30.5. The number of amides is 1. The van der Waals surface area contributed by atoms with E-state index in [1.807, 2.05) is 30.5 Å². The van der Waals surface area contributed by atoms with Crippen LogP contribution in [-0.2, 0) is 17.6 Å². The molecule has 7 heteroatoms. The topological polar surface area (TPSA) is 89.9 Å². The van der Waals surface area contributed by atoms with Crippen molar-refractivity contribution in [3.63, 3.8) is 0 Å². The molecule has 0 saturated carbocycles. The second-order valence-corrected chi connectivity index (χ2v) is 8.66. The third-order valence-electron chi connectivity index (χ3n) is 5.62. The lowest BCUT2D eigenvalue weighted by atomic mass is 9.74. The molecule has 0 saturated heterocycles. The number of aromatic nitrogens is 4. The monoisotopic (exact) mass is 417 g/mol. The van der Waals surface area contributed by atoms with Gasteiger partial charge in [-0.3, -0.25) is 9.78 Å². The van der Waals surface area contributed by atoms with E-state index >= 15 is 0 Å². The highest BCUT2D eigenvalue weighted by Crippen LogP contribution is 2.40. The summed E-state index contributed by atoms with van der Waals surface area (Å²) in [6.45, 7) is 4.40. The summed E-state index contributed by atoms with van der Waals surface area (Å²) in [5.74, 6) is 1.38. The van der Waals surface area contributed by atoms with Gasteiger partial charge in [-0.2, -0.15) is 0 Å². The molecule has 4 rings (SSSR count). The lowest BCUT2D eigenvalue weighted by Gasteiger charge is -2.36. The molecule has 0 spiro atoms. The minimum Gasteiger partial charge on any atom is -0.496 e. The van der Waals surface area contributed by atoms with Gasteiger partial charge in [0.25, 0.3) is 0 Å². The number of carbonyl (C=O) groups is 1. The number of benzene rings is 1. The van der Waals surface area contributed by atoms with Crippen molar-refractivity contribution in [2.75, 3.05) is 7.11 Å². The maximum atomic E-state index is 12.8. The molecule has 1 aromatic carbocycles. The molecule has 0 unspecified atom stereocenters. The molecule has 7 nitrogen and oxygen atoms in total. The van der Waals surface area contributed by atoms with E-state index in [-0.39, 0.29) is 17.4 Å². The van der Waals surface area contributed by atoms with Crippen LogP contribution in [0.25, 0.3) is 11.5 Å². The Morgan fingerprint density at radius 2 is 2.03 bits per heavy atom. The van der Waals surface area contributed by atoms with Crippen LogP contribution < -0.4 is 10.1 Å². The predicted octanol–water partition coefficient (Wildman–Crippen LogP) is 3.70. The van der Waals surface area contributed by atoms with Crippen molar-refractivity contribution in [2.45, 2.75) is 45.6 Å². The first kappa shape index (κ1) is 20.9. The number of nitrogens with zero attached hydrogens (tertiary/aromatic N) is 4. The zero-order valence-electron chi connectivity index (χ0n) is 18.1. The largest absolute Gasteiger partial charge is 0.496 e. The van der Waals surface area contributed by atoms with Crippen LogP contribution in [0, 0.1) is 5.41 Å². The number of carbonyl (C=O) groups excluding carboxylic acids is 1. The fourth-order valence-electron chi connectivity index (χ4n) is 4.14. The SMILES string of the molecule is COc1ccccc1CCC(=O)N[C@@H]1CC(C)(C)Cc2nc(-c3cnccn3)ncc21. The van der Waals surface area contributed by atoms with Gasteiger partial charge in [0.2, 0.25) is 5.91 Å². The summed E-state index contributed by atoms with van der Waals surface area (Å²) >= 11 is 0. The Morgan fingerprint density at radius 3 is 2.81 bits per heavy atom. The molecule has 1 aliphatic rings. The Balaban J connectivity index is 1.50. The highest BCUT2D eigenvalue weighted by Gasteiger charge is 2.34. The molecule has 0 radical (unpaired) electrons. The van der Waals surface area contributed by atoms with E-state index in [4.69, 9.17) is 9.72 Å². The summed E-state index contributed by atoms with van der Waals surface area (Å²) < 4.78 is 5.39. The molecule has 1 aliphatic carbocycles. The Morgan fingerprint density at radius 1 is 1.19 bits per heavy atom. The number of hydrogen-bond donors (Lipinski definition) is 1. The second-order valence-electron chi connectivity index (χ2n) is 8.66. The quantitative estimate of drug-likeness (QED) is 0.658. The molecule has 1 N–H and O–H groups in total. The van der Waals surface area contributed by atoms with Gasteiger partial charge in [-0.25, -0.2) is 15.0 Å². The van der Waals surface area contributed by atoms with E-state index in [0.717, 1.165) is 35.4 Å². The normalized spacial score (nSPS) is 16.9. The molecule has 31 heavy (non-hydrogen) atoms. The fourth-order valence-corrected chi connectivity index (χ4v) is 4.14. The number of rotatable bonds is 6. The molecule has 2 aromatic heterocycles. The molecule has 0 bridgehead atoms. The van der Waals surface area contributed by atoms with Crippen LogP contribution in [0.2, 0.25) is 0 Å². The minimum absolute atomic E-state index is 0.0116. The van der Waals surface area contributed by atoms with Crippen LogP contribution in [0.15, 0.2) is 49.1 Å². The Labute approximate surface area is 182 Å². The van der Waals surface area contributed by atoms with Crippen molar-refractivity contribution in [3.8, 4) is 17.3 Å². The van der Waals surface area contributed by atoms with Gasteiger partial charge in [-0.05, 0) is 36.3 Å². The maximum Gasteiger partial charge on any atom is 0.220 e. The van der Waals surface area contributed by atoms with Crippen molar-refractivity contribution in [3.05, 3.63) is 65.9 Å². The zero-order chi connectivity index (χ0) is 21.8. The van der Waals surface area contributed by atoms with Crippen molar-refractivity contribution < 1.29 is 9.53 Å². The molecule has 0 fully saturated rings. The molecular weight excluding hydrogens is 390 g/mol. The van der Waals surface area contributed by atoms with E-state index in [1.54, 1.807) is 25.7 Å². The molecule has 1 amide bonds. The first-order valence-electron chi connectivity index (χ1n) is 10.5. The highest BCUT2D eigenvalue weighted by molar-refractivity contribution is 5.77. The van der Waals surface area contributed by atoms with Crippen LogP contribution in [-0.4, -0.2) is 33.0 Å². The first-order valence-corrected chi connectivity index (χ1v) is 10.5. The lowest BCUT2D eigenvalue weighted by Crippen LogP contribution is -2.37. The number of nitrogens with one attached hydrogen (secondary N) is 1. The molecule has 1 atom stereocenters. The van der Waals surface area contributed by atoms with E-state index in [1.165, 1.54) is 0 Å². The van der Waals surface area contributed by atoms with Crippen molar-refractivity contribution in [1.82, 2.24) is 25.3 Å². The maximum absolute atomic E-state index is 12.8. The lowest BCUT2D eigenvalue weighted by molar-refractivity contribution is -0.122. The third-order valence-corrected chi connectivity index (χ3v) is 5.62. The van der Waals surface area contributed by atoms with Crippen molar-refractivity contribution in [1.29, 1.82) is 0 Å². The first-order chi connectivity index (χ1) is 14.9. The van der Waals surface area contributed by atoms with Gasteiger partial charge in [-0.15, -0.1) is 0 Å². The Hall–Kier alpha value is -3.35. The number of para-hydroxylation sites is 1. The van der Waals surface area contributed by atoms with Gasteiger partial charge in [0.1, 0.15) is 11.4 Å². The average Bonchev–Trinajstić information content (AvgIpc) is 2.77. The van der Waals surface area contributed by atoms with Crippen LogP contribution >= 0.6 is 0 Å². The second kappa shape index (κ2) is 8.79. The van der Waals surface area contributed by atoms with Crippen LogP contribution in [0.5, 0.6) is 5.75 Å². The minimum atomic E-state index is -0.111. The number of methoxy groups -OCH3 is 1. The summed E-state index contributed by atoms with van der Waals surface area (Å²) in [6, 6.07) is 7.69. The molecule has 3 aromatic rings. The number of ether oxygens (including phenoxy) is 1. The number of fused-ring (bicyclic) bond motifs is 1. The molecule has 160 valence electrons. The summed E-state index contributed by atoms with van der Waals surface area (Å²) in [5, 5.41) is 3.21. The van der Waals surface area contributed by atoms with E-state index < -0.39 is 0 Å². The van der Waals surface area contributed by atoms with Crippen LogP contribution in [0.4, 0.5) is 0 Å². The van der Waals surface area contributed by atoms with Gasteiger partial charge < -0.3 is 10.1 Å². The molecular formula is C24H27N5O2. The van der Waals surface area contributed by atoms with Crippen LogP contribution in [0.3, 0.4) is 0 Å². The van der Waals surface area contributed by atoms with E-state index in [2.05, 4.69) is 34.1 Å². The molecule has 2 heterocycles. The van der Waals surface area contributed by atoms with Crippen LogP contribution in [0.1, 0.15) is 49.6 Å². The summed E-state index contributed by atoms with van der Waals surface area (Å²) in [7, 11) is 1.65. The van der Waals surface area contributed by atoms with E-state index in [0.29, 0.717) is 24.4 Å².